The number of nitrogens with one attached hydrogen (secondary N) is 1. The number of hydrazone groups is 1. The minimum Gasteiger partial charge on any atom is -0.506 e. The molecule has 0 spiro atoms. The predicted molar refractivity (Wildman–Crippen MR) is 133 cm³/mol. The minimum absolute atomic E-state index is 0.0934. The lowest BCUT2D eigenvalue weighted by molar-refractivity contribution is 0.0952. The van der Waals surface area contributed by atoms with Crippen molar-refractivity contribution in [3.05, 3.63) is 113 Å². The molecular weight excluding hydrogens is 453 g/mol. The van der Waals surface area contributed by atoms with Crippen molar-refractivity contribution in [1.82, 2.24) is 9.99 Å². The molecule has 5 rings (SSSR count). The van der Waals surface area contributed by atoms with Crippen molar-refractivity contribution in [3.8, 4) is 5.75 Å². The van der Waals surface area contributed by atoms with Crippen molar-refractivity contribution in [2.75, 3.05) is 0 Å². The zero-order valence-electron chi connectivity index (χ0n) is 17.9. The second kappa shape index (κ2) is 9.00. The Hall–Kier alpha value is -4.16. The van der Waals surface area contributed by atoms with E-state index >= 15 is 0 Å². The Morgan fingerprint density at radius 2 is 1.76 bits per heavy atom. The monoisotopic (exact) mass is 471 g/mol. The number of halogens is 2. The number of aromatic nitrogens is 1. The first-order valence-corrected chi connectivity index (χ1v) is 11.0. The fourth-order valence-electron chi connectivity index (χ4n) is 4.02. The van der Waals surface area contributed by atoms with Gasteiger partial charge in [0.25, 0.3) is 5.91 Å². The van der Waals surface area contributed by atoms with Crippen LogP contribution in [0, 0.1) is 5.82 Å². The van der Waals surface area contributed by atoms with Crippen LogP contribution in [0.15, 0.2) is 90.2 Å². The van der Waals surface area contributed by atoms with Crippen molar-refractivity contribution in [1.29, 1.82) is 0 Å². The summed E-state index contributed by atoms with van der Waals surface area (Å²) in [5.41, 5.74) is 4.62. The molecule has 2 N–H and O–H groups in total. The highest BCUT2D eigenvalue weighted by Gasteiger charge is 2.14. The normalized spacial score (nSPS) is 11.5. The van der Waals surface area contributed by atoms with Crippen LogP contribution in [0.5, 0.6) is 5.75 Å². The van der Waals surface area contributed by atoms with E-state index in [0.717, 1.165) is 21.9 Å². The Morgan fingerprint density at radius 1 is 1.00 bits per heavy atom. The van der Waals surface area contributed by atoms with Crippen molar-refractivity contribution in [3.63, 3.8) is 0 Å². The maximum absolute atomic E-state index is 14.3. The van der Waals surface area contributed by atoms with E-state index in [1.807, 2.05) is 47.2 Å². The molecule has 1 aromatic heterocycles. The van der Waals surface area contributed by atoms with Gasteiger partial charge in [-0.05, 0) is 29.7 Å². The Labute approximate surface area is 199 Å². The van der Waals surface area contributed by atoms with Gasteiger partial charge in [0.1, 0.15) is 11.6 Å². The molecule has 5 aromatic rings. The van der Waals surface area contributed by atoms with E-state index in [4.69, 9.17) is 11.6 Å². The van der Waals surface area contributed by atoms with Crippen LogP contribution in [0.2, 0.25) is 5.02 Å². The standard InChI is InChI=1S/C27H19ClFN3O2/c28-23-9-5-10-24(29)22(23)16-32-15-18(19-7-3-4-11-25(19)32)14-30-31-27(34)21-13-12-17-6-1-2-8-20(17)26(21)33/h1-15,33H,16H2,(H,31,34)/b30-14-. The van der Waals surface area contributed by atoms with Crippen LogP contribution in [0.1, 0.15) is 21.5 Å². The maximum atomic E-state index is 14.3. The lowest BCUT2D eigenvalue weighted by atomic mass is 10.1. The van der Waals surface area contributed by atoms with Crippen LogP contribution in [0.3, 0.4) is 0 Å². The maximum Gasteiger partial charge on any atom is 0.275 e. The molecule has 0 saturated carbocycles. The molecule has 0 saturated heterocycles. The summed E-state index contributed by atoms with van der Waals surface area (Å²) >= 11 is 6.22. The van der Waals surface area contributed by atoms with Gasteiger partial charge in [0.15, 0.2) is 0 Å². The molecule has 168 valence electrons. The van der Waals surface area contributed by atoms with Gasteiger partial charge < -0.3 is 9.67 Å². The topological polar surface area (TPSA) is 66.6 Å². The molecule has 0 aliphatic rings. The number of para-hydroxylation sites is 1. The number of aromatic hydroxyl groups is 1. The minimum atomic E-state index is -0.527. The number of hydrogen-bond acceptors (Lipinski definition) is 3. The summed E-state index contributed by atoms with van der Waals surface area (Å²) in [6.45, 7) is 0.247. The molecule has 0 aliphatic heterocycles. The summed E-state index contributed by atoms with van der Waals surface area (Å²) < 4.78 is 16.2. The van der Waals surface area contributed by atoms with Crippen LogP contribution in [0.25, 0.3) is 21.7 Å². The summed E-state index contributed by atoms with van der Waals surface area (Å²) in [5.74, 6) is -0.992. The summed E-state index contributed by atoms with van der Waals surface area (Å²) in [6.07, 6.45) is 3.36. The van der Waals surface area contributed by atoms with Gasteiger partial charge in [-0.3, -0.25) is 4.79 Å². The number of phenolic OH excluding ortho intramolecular Hbond substituents is 1. The first-order valence-electron chi connectivity index (χ1n) is 10.6. The van der Waals surface area contributed by atoms with Gasteiger partial charge in [-0.25, -0.2) is 9.82 Å². The Balaban J connectivity index is 1.42. The van der Waals surface area contributed by atoms with Crippen LogP contribution in [0.4, 0.5) is 4.39 Å². The molecule has 1 heterocycles. The predicted octanol–water partition coefficient (Wildman–Crippen LogP) is 6.10. The van der Waals surface area contributed by atoms with E-state index in [0.29, 0.717) is 16.0 Å². The van der Waals surface area contributed by atoms with E-state index in [9.17, 15) is 14.3 Å². The van der Waals surface area contributed by atoms with Crippen molar-refractivity contribution >= 4 is 45.4 Å². The Morgan fingerprint density at radius 3 is 2.59 bits per heavy atom. The molecule has 5 nitrogen and oxygen atoms in total. The summed E-state index contributed by atoms with van der Waals surface area (Å²) in [6, 6.07) is 22.9. The number of carbonyl (C=O) groups excluding carboxylic acids is 1. The molecule has 4 aromatic carbocycles. The van der Waals surface area contributed by atoms with Gasteiger partial charge in [-0.15, -0.1) is 0 Å². The number of hydrogen-bond donors (Lipinski definition) is 2. The number of fused-ring (bicyclic) bond motifs is 2. The first-order chi connectivity index (χ1) is 16.5. The highest BCUT2D eigenvalue weighted by molar-refractivity contribution is 6.31. The van der Waals surface area contributed by atoms with Gasteiger partial charge in [0, 0.05) is 38.6 Å². The molecule has 1 amide bonds. The molecule has 0 bridgehead atoms. The average Bonchev–Trinajstić information content (AvgIpc) is 3.19. The summed E-state index contributed by atoms with van der Waals surface area (Å²) in [5, 5.41) is 17.3. The lowest BCUT2D eigenvalue weighted by Crippen LogP contribution is -2.17. The van der Waals surface area contributed by atoms with Gasteiger partial charge in [-0.2, -0.15) is 5.10 Å². The molecule has 0 atom stereocenters. The Kier molecular flexibility index (Phi) is 5.74. The number of amides is 1. The SMILES string of the molecule is O=C(N/N=C\c1cn(Cc2c(F)cccc2Cl)c2ccccc12)c1ccc2ccccc2c1O. The molecule has 7 heteroatoms. The zero-order valence-corrected chi connectivity index (χ0v) is 18.6. The highest BCUT2D eigenvalue weighted by Crippen LogP contribution is 2.29. The van der Waals surface area contributed by atoms with E-state index < -0.39 is 5.91 Å². The molecule has 34 heavy (non-hydrogen) atoms. The number of carbonyl (C=O) groups is 1. The van der Waals surface area contributed by atoms with E-state index in [1.54, 1.807) is 36.4 Å². The number of rotatable bonds is 5. The van der Waals surface area contributed by atoms with Gasteiger partial charge >= 0.3 is 0 Å². The van der Waals surface area contributed by atoms with Crippen molar-refractivity contribution in [2.24, 2.45) is 5.10 Å². The summed E-state index contributed by atoms with van der Waals surface area (Å²) in [7, 11) is 0. The van der Waals surface area contributed by atoms with Gasteiger partial charge in [0.05, 0.1) is 18.3 Å². The van der Waals surface area contributed by atoms with Crippen LogP contribution in [-0.4, -0.2) is 21.8 Å². The van der Waals surface area contributed by atoms with Gasteiger partial charge in [-0.1, -0.05) is 66.2 Å². The third kappa shape index (κ3) is 4.00. The van der Waals surface area contributed by atoms with Crippen molar-refractivity contribution < 1.29 is 14.3 Å². The van der Waals surface area contributed by atoms with Crippen LogP contribution >= 0.6 is 11.6 Å². The molecule has 0 radical (unpaired) electrons. The van der Waals surface area contributed by atoms with E-state index in [2.05, 4.69) is 10.5 Å². The number of phenols is 1. The highest BCUT2D eigenvalue weighted by atomic mass is 35.5. The Bertz CT molecular complexity index is 1560. The van der Waals surface area contributed by atoms with Crippen LogP contribution in [-0.2, 0) is 6.54 Å². The molecule has 0 fully saturated rings. The van der Waals surface area contributed by atoms with E-state index in [1.165, 1.54) is 12.3 Å². The first kappa shape index (κ1) is 21.7. The lowest BCUT2D eigenvalue weighted by Gasteiger charge is -2.08. The zero-order chi connectivity index (χ0) is 23.7. The fraction of sp³-hybridized carbons (Fsp3) is 0.0370. The van der Waals surface area contributed by atoms with Gasteiger partial charge in [0.2, 0.25) is 0 Å². The van der Waals surface area contributed by atoms with E-state index in [-0.39, 0.29) is 23.7 Å². The number of nitrogens with zero attached hydrogens (tertiary/aromatic N) is 2. The summed E-state index contributed by atoms with van der Waals surface area (Å²) in [4.78, 5) is 12.6. The average molecular weight is 472 g/mol. The number of benzene rings is 4. The fourth-order valence-corrected chi connectivity index (χ4v) is 4.24. The molecular formula is C27H19ClFN3O2. The van der Waals surface area contributed by atoms with Crippen LogP contribution < -0.4 is 5.43 Å². The third-order valence-electron chi connectivity index (χ3n) is 5.72. The largest absolute Gasteiger partial charge is 0.506 e. The quantitative estimate of drug-likeness (QED) is 0.240. The second-order valence-corrected chi connectivity index (χ2v) is 8.22. The second-order valence-electron chi connectivity index (χ2n) is 7.81. The third-order valence-corrected chi connectivity index (χ3v) is 6.08. The smallest absolute Gasteiger partial charge is 0.275 e. The molecule has 0 unspecified atom stereocenters. The molecule has 0 aliphatic carbocycles. The van der Waals surface area contributed by atoms with Crippen molar-refractivity contribution in [2.45, 2.75) is 6.54 Å².